The van der Waals surface area contributed by atoms with Crippen LogP contribution in [0.2, 0.25) is 0 Å². The molecule has 1 aromatic rings. The molecule has 0 aromatic heterocycles. The molecule has 0 saturated carbocycles. The van der Waals surface area contributed by atoms with Gasteiger partial charge in [0.2, 0.25) is 5.85 Å². The van der Waals surface area contributed by atoms with E-state index in [2.05, 4.69) is 5.32 Å². The normalized spacial score (nSPS) is 27.7. The van der Waals surface area contributed by atoms with Gasteiger partial charge in [0, 0.05) is 11.1 Å². The van der Waals surface area contributed by atoms with Crippen molar-refractivity contribution in [1.82, 2.24) is 10.2 Å². The van der Waals surface area contributed by atoms with Gasteiger partial charge >= 0.3 is 0 Å². The summed E-state index contributed by atoms with van der Waals surface area (Å²) in [6.45, 7) is 0.129. The summed E-state index contributed by atoms with van der Waals surface area (Å²) in [5.41, 5.74) is 1.03. The van der Waals surface area contributed by atoms with Crippen molar-refractivity contribution < 1.29 is 9.90 Å². The molecule has 3 rings (SSSR count). The van der Waals surface area contributed by atoms with E-state index >= 15 is 0 Å². The van der Waals surface area contributed by atoms with Crippen LogP contribution in [0.15, 0.2) is 24.3 Å². The quantitative estimate of drug-likeness (QED) is 0.547. The van der Waals surface area contributed by atoms with Gasteiger partial charge in [-0.25, -0.2) is 0 Å². The Morgan fingerprint density at radius 1 is 1.47 bits per heavy atom. The van der Waals surface area contributed by atoms with Crippen molar-refractivity contribution in [2.45, 2.75) is 5.85 Å². The SMILES string of the molecule is N=C1CN2C(=O)c3ccccc3C2(O)N1. The number of fused-ring (bicyclic) bond motifs is 3. The highest BCUT2D eigenvalue weighted by molar-refractivity contribution is 6.04. The van der Waals surface area contributed by atoms with Crippen molar-refractivity contribution in [3.63, 3.8) is 0 Å². The fourth-order valence-corrected chi connectivity index (χ4v) is 2.14. The van der Waals surface area contributed by atoms with Crippen molar-refractivity contribution in [1.29, 1.82) is 5.41 Å². The lowest BCUT2D eigenvalue weighted by molar-refractivity contribution is -0.0734. The molecule has 1 saturated heterocycles. The molecular weight excluding hydrogens is 194 g/mol. The van der Waals surface area contributed by atoms with Gasteiger partial charge in [-0.2, -0.15) is 0 Å². The third-order valence-corrected chi connectivity index (χ3v) is 2.81. The summed E-state index contributed by atoms with van der Waals surface area (Å²) >= 11 is 0. The van der Waals surface area contributed by atoms with Gasteiger partial charge < -0.3 is 10.4 Å². The molecule has 0 bridgehead atoms. The number of hydrogen-bond donors (Lipinski definition) is 3. The van der Waals surface area contributed by atoms with E-state index in [0.717, 1.165) is 0 Å². The molecule has 1 fully saturated rings. The number of rotatable bonds is 0. The molecular formula is C10H9N3O2. The topological polar surface area (TPSA) is 76.4 Å². The minimum Gasteiger partial charge on any atom is -0.350 e. The Morgan fingerprint density at radius 3 is 3.00 bits per heavy atom. The monoisotopic (exact) mass is 203 g/mol. The summed E-state index contributed by atoms with van der Waals surface area (Å²) < 4.78 is 0. The van der Waals surface area contributed by atoms with E-state index in [4.69, 9.17) is 5.41 Å². The molecule has 1 atom stereocenters. The largest absolute Gasteiger partial charge is 0.350 e. The summed E-state index contributed by atoms with van der Waals surface area (Å²) in [6.07, 6.45) is 0. The minimum atomic E-state index is -1.51. The van der Waals surface area contributed by atoms with E-state index in [-0.39, 0.29) is 18.3 Å². The molecule has 5 heteroatoms. The highest BCUT2D eigenvalue weighted by Gasteiger charge is 2.53. The van der Waals surface area contributed by atoms with Crippen LogP contribution >= 0.6 is 0 Å². The maximum absolute atomic E-state index is 11.9. The van der Waals surface area contributed by atoms with E-state index in [9.17, 15) is 9.90 Å². The molecule has 1 aromatic carbocycles. The standard InChI is InChI=1S/C10H9N3O2/c11-8-5-13-9(14)6-3-1-2-4-7(6)10(13,15)12-8/h1-4,15H,5H2,(H2,11,12). The number of benzene rings is 1. The van der Waals surface area contributed by atoms with E-state index in [1.54, 1.807) is 24.3 Å². The Hall–Kier alpha value is -1.88. The summed E-state index contributed by atoms with van der Waals surface area (Å²) in [5, 5.41) is 20.3. The Labute approximate surface area is 85.8 Å². The van der Waals surface area contributed by atoms with Crippen molar-refractivity contribution in [3.05, 3.63) is 35.4 Å². The highest BCUT2D eigenvalue weighted by Crippen LogP contribution is 2.37. The Balaban J connectivity index is 2.25. The van der Waals surface area contributed by atoms with Crippen LogP contribution in [0.3, 0.4) is 0 Å². The Kier molecular flexibility index (Phi) is 1.33. The third kappa shape index (κ3) is 0.854. The molecule has 2 aliphatic rings. The highest BCUT2D eigenvalue weighted by atomic mass is 16.3. The van der Waals surface area contributed by atoms with Crippen LogP contribution in [0.5, 0.6) is 0 Å². The number of aliphatic hydroxyl groups is 1. The van der Waals surface area contributed by atoms with Crippen LogP contribution in [-0.4, -0.2) is 28.3 Å². The third-order valence-electron chi connectivity index (χ3n) is 2.81. The molecule has 0 aliphatic carbocycles. The van der Waals surface area contributed by atoms with Crippen LogP contribution in [0.4, 0.5) is 0 Å². The van der Waals surface area contributed by atoms with Crippen molar-refractivity contribution in [2.24, 2.45) is 0 Å². The Bertz CT molecular complexity index is 485. The van der Waals surface area contributed by atoms with Gasteiger partial charge in [0.15, 0.2) is 0 Å². The second kappa shape index (κ2) is 2.38. The second-order valence-corrected chi connectivity index (χ2v) is 3.71. The summed E-state index contributed by atoms with van der Waals surface area (Å²) in [6, 6.07) is 6.89. The molecule has 1 amide bonds. The van der Waals surface area contributed by atoms with Gasteiger partial charge in [0.05, 0.1) is 6.54 Å². The fraction of sp³-hybridized carbons (Fsp3) is 0.200. The zero-order chi connectivity index (χ0) is 10.6. The van der Waals surface area contributed by atoms with E-state index < -0.39 is 5.85 Å². The van der Waals surface area contributed by atoms with Crippen LogP contribution in [0.1, 0.15) is 15.9 Å². The van der Waals surface area contributed by atoms with Crippen LogP contribution < -0.4 is 5.32 Å². The Morgan fingerprint density at radius 2 is 2.20 bits per heavy atom. The lowest BCUT2D eigenvalue weighted by atomic mass is 10.1. The van der Waals surface area contributed by atoms with Crippen molar-refractivity contribution in [2.75, 3.05) is 6.54 Å². The maximum atomic E-state index is 11.9. The van der Waals surface area contributed by atoms with Crippen LogP contribution in [0, 0.1) is 5.41 Å². The number of hydrogen-bond acceptors (Lipinski definition) is 3. The number of nitrogens with zero attached hydrogens (tertiary/aromatic N) is 1. The molecule has 2 aliphatic heterocycles. The van der Waals surface area contributed by atoms with Crippen LogP contribution in [0.25, 0.3) is 0 Å². The first-order valence-corrected chi connectivity index (χ1v) is 4.62. The van der Waals surface area contributed by atoms with Gasteiger partial charge in [0.25, 0.3) is 5.91 Å². The molecule has 2 heterocycles. The zero-order valence-corrected chi connectivity index (χ0v) is 7.82. The first-order valence-electron chi connectivity index (χ1n) is 4.62. The van der Waals surface area contributed by atoms with Crippen LogP contribution in [-0.2, 0) is 5.85 Å². The average molecular weight is 203 g/mol. The average Bonchev–Trinajstić information content (AvgIpc) is 2.62. The summed E-state index contributed by atoms with van der Waals surface area (Å²) in [4.78, 5) is 13.1. The minimum absolute atomic E-state index is 0.129. The number of nitrogens with one attached hydrogen (secondary N) is 2. The predicted molar refractivity (Wildman–Crippen MR) is 52.2 cm³/mol. The molecule has 15 heavy (non-hydrogen) atoms. The fourth-order valence-electron chi connectivity index (χ4n) is 2.14. The predicted octanol–water partition coefficient (Wildman–Crippen LogP) is -0.175. The lowest BCUT2D eigenvalue weighted by Crippen LogP contribution is -2.45. The lowest BCUT2D eigenvalue weighted by Gasteiger charge is -2.25. The van der Waals surface area contributed by atoms with Crippen molar-refractivity contribution >= 4 is 11.7 Å². The first-order chi connectivity index (χ1) is 7.13. The molecule has 0 spiro atoms. The zero-order valence-electron chi connectivity index (χ0n) is 7.82. The number of amidine groups is 1. The van der Waals surface area contributed by atoms with Gasteiger partial charge in [0.1, 0.15) is 5.84 Å². The number of carbonyl (C=O) groups excluding carboxylic acids is 1. The van der Waals surface area contributed by atoms with Gasteiger partial charge in [-0.15, -0.1) is 0 Å². The molecule has 1 unspecified atom stereocenters. The number of amides is 1. The van der Waals surface area contributed by atoms with E-state index in [1.165, 1.54) is 4.90 Å². The second-order valence-electron chi connectivity index (χ2n) is 3.71. The molecule has 3 N–H and O–H groups in total. The molecule has 5 nitrogen and oxygen atoms in total. The van der Waals surface area contributed by atoms with E-state index in [0.29, 0.717) is 11.1 Å². The summed E-state index contributed by atoms with van der Waals surface area (Å²) in [5.74, 6) is -1.59. The number of carbonyl (C=O) groups is 1. The maximum Gasteiger partial charge on any atom is 0.258 e. The summed E-state index contributed by atoms with van der Waals surface area (Å²) in [7, 11) is 0. The van der Waals surface area contributed by atoms with Gasteiger partial charge in [-0.1, -0.05) is 18.2 Å². The molecule has 76 valence electrons. The molecule has 0 radical (unpaired) electrons. The smallest absolute Gasteiger partial charge is 0.258 e. The first kappa shape index (κ1) is 8.43. The van der Waals surface area contributed by atoms with Crippen molar-refractivity contribution in [3.8, 4) is 0 Å². The van der Waals surface area contributed by atoms with Gasteiger partial charge in [-0.3, -0.25) is 15.1 Å². The van der Waals surface area contributed by atoms with Gasteiger partial charge in [-0.05, 0) is 6.07 Å². The van der Waals surface area contributed by atoms with E-state index in [1.807, 2.05) is 0 Å².